The van der Waals surface area contributed by atoms with E-state index >= 15 is 0 Å². The van der Waals surface area contributed by atoms with Gasteiger partial charge in [-0.25, -0.2) is 0 Å². The summed E-state index contributed by atoms with van der Waals surface area (Å²) in [4.78, 5) is 23.7. The van der Waals surface area contributed by atoms with Crippen LogP contribution in [0.25, 0.3) is 0 Å². The van der Waals surface area contributed by atoms with E-state index in [1.807, 2.05) is 30.3 Å². The van der Waals surface area contributed by atoms with Gasteiger partial charge in [0.15, 0.2) is 0 Å². The van der Waals surface area contributed by atoms with Crippen LogP contribution in [0.1, 0.15) is 11.1 Å². The van der Waals surface area contributed by atoms with Crippen LogP contribution >= 0.6 is 11.6 Å². The maximum atomic E-state index is 11.9. The number of carbonyl (C=O) groups excluding carboxylic acids is 2. The standard InChI is InChI=1S/C16H13ClO2/c17-14-9-5-4-8-13(14)11-16(19)15(18)10-12-6-2-1-3-7-12/h1-9H,10-11H2. The van der Waals surface area contributed by atoms with E-state index in [-0.39, 0.29) is 18.6 Å². The minimum Gasteiger partial charge on any atom is -0.291 e. The van der Waals surface area contributed by atoms with Gasteiger partial charge in [-0.3, -0.25) is 9.59 Å². The highest BCUT2D eigenvalue weighted by Gasteiger charge is 2.15. The molecule has 0 saturated carbocycles. The van der Waals surface area contributed by atoms with Crippen LogP contribution in [0.15, 0.2) is 54.6 Å². The minimum absolute atomic E-state index is 0.0609. The number of halogens is 1. The average molecular weight is 273 g/mol. The zero-order chi connectivity index (χ0) is 13.7. The summed E-state index contributed by atoms with van der Waals surface area (Å²) in [6.07, 6.45) is 0.204. The lowest BCUT2D eigenvalue weighted by molar-refractivity contribution is -0.135. The zero-order valence-corrected chi connectivity index (χ0v) is 11.1. The molecule has 0 bridgehead atoms. The van der Waals surface area contributed by atoms with Gasteiger partial charge in [0.2, 0.25) is 11.6 Å². The second kappa shape index (κ2) is 6.30. The first-order valence-electron chi connectivity index (χ1n) is 6.00. The molecule has 3 heteroatoms. The van der Waals surface area contributed by atoms with Gasteiger partial charge >= 0.3 is 0 Å². The molecule has 0 saturated heterocycles. The number of Topliss-reactive ketones (excluding diaryl/α,β-unsaturated/α-hetero) is 2. The Hall–Kier alpha value is -1.93. The molecule has 2 nitrogen and oxygen atoms in total. The third kappa shape index (κ3) is 3.76. The van der Waals surface area contributed by atoms with Crippen LogP contribution in [-0.4, -0.2) is 11.6 Å². The molecule has 0 aliphatic rings. The van der Waals surface area contributed by atoms with Crippen LogP contribution in [-0.2, 0) is 22.4 Å². The van der Waals surface area contributed by atoms with E-state index in [9.17, 15) is 9.59 Å². The topological polar surface area (TPSA) is 34.1 Å². The molecule has 0 radical (unpaired) electrons. The lowest BCUT2D eigenvalue weighted by atomic mass is 10.0. The van der Waals surface area contributed by atoms with Gasteiger partial charge in [0.1, 0.15) is 0 Å². The molecule has 96 valence electrons. The van der Waals surface area contributed by atoms with Crippen molar-refractivity contribution in [3.8, 4) is 0 Å². The third-order valence-corrected chi connectivity index (χ3v) is 3.20. The molecular weight excluding hydrogens is 260 g/mol. The highest BCUT2D eigenvalue weighted by Crippen LogP contribution is 2.16. The SMILES string of the molecule is O=C(Cc1ccccc1)C(=O)Cc1ccccc1Cl. The maximum Gasteiger partial charge on any atom is 0.203 e. The summed E-state index contributed by atoms with van der Waals surface area (Å²) in [5.74, 6) is -0.789. The Balaban J connectivity index is 2.01. The van der Waals surface area contributed by atoms with Crippen LogP contribution < -0.4 is 0 Å². The first-order chi connectivity index (χ1) is 9.16. The fourth-order valence-electron chi connectivity index (χ4n) is 1.79. The van der Waals surface area contributed by atoms with E-state index in [0.717, 1.165) is 5.56 Å². The summed E-state index contributed by atoms with van der Waals surface area (Å²) in [5.41, 5.74) is 1.54. The summed E-state index contributed by atoms with van der Waals surface area (Å²) in [6, 6.07) is 16.3. The van der Waals surface area contributed by atoms with Gasteiger partial charge in [0.25, 0.3) is 0 Å². The Kier molecular flexibility index (Phi) is 4.48. The molecule has 0 amide bonds. The Bertz CT molecular complexity index is 591. The smallest absolute Gasteiger partial charge is 0.203 e. The highest BCUT2D eigenvalue weighted by atomic mass is 35.5. The Morgan fingerprint density at radius 2 is 1.37 bits per heavy atom. The summed E-state index contributed by atoms with van der Waals surface area (Å²) in [5, 5.41) is 0.517. The van der Waals surface area contributed by atoms with Gasteiger partial charge in [0.05, 0.1) is 0 Å². The first-order valence-corrected chi connectivity index (χ1v) is 6.38. The van der Waals surface area contributed by atoms with Crippen LogP contribution in [0.4, 0.5) is 0 Å². The quantitative estimate of drug-likeness (QED) is 0.783. The van der Waals surface area contributed by atoms with E-state index in [4.69, 9.17) is 11.6 Å². The number of carbonyl (C=O) groups is 2. The molecule has 0 heterocycles. The van der Waals surface area contributed by atoms with E-state index in [1.165, 1.54) is 0 Å². The molecular formula is C16H13ClO2. The monoisotopic (exact) mass is 272 g/mol. The number of benzene rings is 2. The van der Waals surface area contributed by atoms with Crippen LogP contribution in [0.2, 0.25) is 5.02 Å². The van der Waals surface area contributed by atoms with Gasteiger partial charge in [-0.05, 0) is 17.2 Å². The Labute approximate surface area is 117 Å². The Morgan fingerprint density at radius 1 is 0.789 bits per heavy atom. The minimum atomic E-state index is -0.406. The Morgan fingerprint density at radius 3 is 2.05 bits per heavy atom. The average Bonchev–Trinajstić information content (AvgIpc) is 2.42. The van der Waals surface area contributed by atoms with Gasteiger partial charge in [-0.1, -0.05) is 60.1 Å². The van der Waals surface area contributed by atoms with Gasteiger partial charge in [-0.2, -0.15) is 0 Å². The van der Waals surface area contributed by atoms with Gasteiger partial charge < -0.3 is 0 Å². The van der Waals surface area contributed by atoms with Gasteiger partial charge in [0, 0.05) is 17.9 Å². The van der Waals surface area contributed by atoms with Crippen molar-refractivity contribution in [2.75, 3.05) is 0 Å². The van der Waals surface area contributed by atoms with Gasteiger partial charge in [-0.15, -0.1) is 0 Å². The van der Waals surface area contributed by atoms with Crippen molar-refractivity contribution in [3.63, 3.8) is 0 Å². The molecule has 2 aromatic rings. The van der Waals surface area contributed by atoms with Crippen molar-refractivity contribution in [2.24, 2.45) is 0 Å². The molecule has 0 N–H and O–H groups in total. The van der Waals surface area contributed by atoms with Crippen molar-refractivity contribution in [1.29, 1.82) is 0 Å². The molecule has 2 rings (SSSR count). The summed E-state index contributed by atoms with van der Waals surface area (Å²) < 4.78 is 0. The molecule has 19 heavy (non-hydrogen) atoms. The van der Waals surface area contributed by atoms with Crippen molar-refractivity contribution in [2.45, 2.75) is 12.8 Å². The molecule has 0 aromatic heterocycles. The normalized spacial score (nSPS) is 10.2. The fourth-order valence-corrected chi connectivity index (χ4v) is 2.00. The summed E-state index contributed by atoms with van der Waals surface area (Å²) in [7, 11) is 0. The maximum absolute atomic E-state index is 11.9. The van der Waals surface area contributed by atoms with E-state index < -0.39 is 5.78 Å². The van der Waals surface area contributed by atoms with Crippen molar-refractivity contribution < 1.29 is 9.59 Å². The number of hydrogen-bond acceptors (Lipinski definition) is 2. The lowest BCUT2D eigenvalue weighted by Crippen LogP contribution is -2.18. The van der Waals surface area contributed by atoms with E-state index in [0.29, 0.717) is 10.6 Å². The number of hydrogen-bond donors (Lipinski definition) is 0. The van der Waals surface area contributed by atoms with Crippen molar-refractivity contribution in [3.05, 3.63) is 70.7 Å². The summed E-state index contributed by atoms with van der Waals surface area (Å²) in [6.45, 7) is 0. The highest BCUT2D eigenvalue weighted by molar-refractivity contribution is 6.39. The summed E-state index contributed by atoms with van der Waals surface area (Å²) >= 11 is 5.97. The predicted molar refractivity (Wildman–Crippen MR) is 75.3 cm³/mol. The molecule has 0 spiro atoms. The number of rotatable bonds is 5. The third-order valence-electron chi connectivity index (χ3n) is 2.83. The zero-order valence-electron chi connectivity index (χ0n) is 10.3. The molecule has 0 unspecified atom stereocenters. The second-order valence-corrected chi connectivity index (χ2v) is 4.68. The molecule has 0 atom stereocenters. The van der Waals surface area contributed by atoms with Crippen LogP contribution in [0.5, 0.6) is 0 Å². The van der Waals surface area contributed by atoms with E-state index in [2.05, 4.69) is 0 Å². The predicted octanol–water partition coefficient (Wildman–Crippen LogP) is 3.26. The first kappa shape index (κ1) is 13.5. The second-order valence-electron chi connectivity index (χ2n) is 4.28. The van der Waals surface area contributed by atoms with E-state index in [1.54, 1.807) is 24.3 Å². The van der Waals surface area contributed by atoms with Crippen LogP contribution in [0, 0.1) is 0 Å². The molecule has 0 fully saturated rings. The fraction of sp³-hybridized carbons (Fsp3) is 0.125. The molecule has 2 aromatic carbocycles. The molecule has 0 aliphatic heterocycles. The lowest BCUT2D eigenvalue weighted by Gasteiger charge is -2.03. The largest absolute Gasteiger partial charge is 0.291 e. The van der Waals surface area contributed by atoms with Crippen molar-refractivity contribution >= 4 is 23.2 Å². The number of ketones is 2. The van der Waals surface area contributed by atoms with Crippen molar-refractivity contribution in [1.82, 2.24) is 0 Å². The molecule has 0 aliphatic carbocycles. The van der Waals surface area contributed by atoms with Crippen LogP contribution in [0.3, 0.4) is 0 Å².